The lowest BCUT2D eigenvalue weighted by molar-refractivity contribution is -0.147. The topological polar surface area (TPSA) is 48.4 Å². The summed E-state index contributed by atoms with van der Waals surface area (Å²) in [6.45, 7) is 1.74. The van der Waals surface area contributed by atoms with Crippen molar-refractivity contribution in [2.45, 2.75) is 13.0 Å². The van der Waals surface area contributed by atoms with Gasteiger partial charge in [0.25, 0.3) is 0 Å². The molecule has 1 aliphatic rings. The lowest BCUT2D eigenvalue weighted by Crippen LogP contribution is -2.10. The molecule has 2 rings (SSSR count). The molecule has 1 aliphatic heterocycles. The number of ether oxygens (including phenoxy) is 2. The molecule has 0 aliphatic carbocycles. The highest BCUT2D eigenvalue weighted by Gasteiger charge is 2.27. The Morgan fingerprint density at radius 1 is 1.77 bits per heavy atom. The first-order chi connectivity index (χ1) is 6.27. The highest BCUT2D eigenvalue weighted by atomic mass is 16.6. The van der Waals surface area contributed by atoms with Gasteiger partial charge in [0.2, 0.25) is 0 Å². The first-order valence-electron chi connectivity index (χ1n) is 4.02. The number of rotatable bonds is 1. The van der Waals surface area contributed by atoms with Crippen LogP contribution < -0.4 is 4.74 Å². The van der Waals surface area contributed by atoms with Crippen molar-refractivity contribution >= 4 is 5.97 Å². The number of hydrogen-bond acceptors (Lipinski definition) is 4. The Balaban J connectivity index is 2.23. The van der Waals surface area contributed by atoms with Gasteiger partial charge in [0.15, 0.2) is 6.10 Å². The smallest absolute Gasteiger partial charge is 0.303 e. The zero-order chi connectivity index (χ0) is 9.26. The van der Waals surface area contributed by atoms with Gasteiger partial charge < -0.3 is 9.47 Å². The summed E-state index contributed by atoms with van der Waals surface area (Å²) in [7, 11) is 0. The van der Waals surface area contributed by atoms with Crippen molar-refractivity contribution in [3.05, 3.63) is 24.0 Å². The Labute approximate surface area is 75.5 Å². The molecule has 1 unspecified atom stereocenters. The normalized spacial score (nSPS) is 19.0. The lowest BCUT2D eigenvalue weighted by atomic mass is 10.2. The third kappa shape index (κ3) is 1.47. The van der Waals surface area contributed by atoms with E-state index in [0.29, 0.717) is 18.1 Å². The Bertz CT molecular complexity index is 337. The highest BCUT2D eigenvalue weighted by Crippen LogP contribution is 2.31. The first-order valence-corrected chi connectivity index (χ1v) is 4.02. The van der Waals surface area contributed by atoms with E-state index >= 15 is 0 Å². The molecule has 0 fully saturated rings. The largest absolute Gasteiger partial charge is 0.487 e. The molecule has 1 atom stereocenters. The average molecular weight is 179 g/mol. The monoisotopic (exact) mass is 179 g/mol. The Hall–Kier alpha value is -1.58. The van der Waals surface area contributed by atoms with E-state index in [9.17, 15) is 4.79 Å². The summed E-state index contributed by atoms with van der Waals surface area (Å²) >= 11 is 0. The molecule has 0 amide bonds. The van der Waals surface area contributed by atoms with Gasteiger partial charge in [0.1, 0.15) is 18.1 Å². The summed E-state index contributed by atoms with van der Waals surface area (Å²) in [6.07, 6.45) is 1.32. The van der Waals surface area contributed by atoms with E-state index in [2.05, 4.69) is 4.98 Å². The molecule has 0 saturated heterocycles. The van der Waals surface area contributed by atoms with Crippen LogP contribution in [0.4, 0.5) is 0 Å². The van der Waals surface area contributed by atoms with Gasteiger partial charge in [0.05, 0.1) is 0 Å². The van der Waals surface area contributed by atoms with E-state index in [0.717, 1.165) is 0 Å². The Morgan fingerprint density at radius 2 is 2.62 bits per heavy atom. The molecule has 0 N–H and O–H groups in total. The number of fused-ring (bicyclic) bond motifs is 1. The van der Waals surface area contributed by atoms with Crippen molar-refractivity contribution in [3.8, 4) is 5.75 Å². The number of aromatic nitrogens is 1. The molecule has 68 valence electrons. The lowest BCUT2D eigenvalue weighted by Gasteiger charge is -2.06. The van der Waals surface area contributed by atoms with Gasteiger partial charge in [0, 0.05) is 13.1 Å². The summed E-state index contributed by atoms with van der Waals surface area (Å²) in [6, 6.07) is 3.60. The Morgan fingerprint density at radius 3 is 3.38 bits per heavy atom. The molecule has 13 heavy (non-hydrogen) atoms. The van der Waals surface area contributed by atoms with Gasteiger partial charge in [-0.1, -0.05) is 0 Å². The van der Waals surface area contributed by atoms with Gasteiger partial charge in [-0.15, -0.1) is 0 Å². The summed E-state index contributed by atoms with van der Waals surface area (Å²) in [5.74, 6) is 0.390. The fourth-order valence-corrected chi connectivity index (χ4v) is 1.30. The second kappa shape index (κ2) is 3.05. The van der Waals surface area contributed by atoms with Gasteiger partial charge >= 0.3 is 5.97 Å². The van der Waals surface area contributed by atoms with Crippen LogP contribution in [0.5, 0.6) is 5.75 Å². The van der Waals surface area contributed by atoms with Crippen LogP contribution in [0.15, 0.2) is 18.3 Å². The SMILES string of the molecule is CC(=O)OC1COc2cccnc21. The van der Waals surface area contributed by atoms with Crippen molar-refractivity contribution in [1.82, 2.24) is 4.98 Å². The first kappa shape index (κ1) is 8.04. The number of hydrogen-bond donors (Lipinski definition) is 0. The van der Waals surface area contributed by atoms with Crippen LogP contribution in [0, 0.1) is 0 Å². The Kier molecular flexibility index (Phi) is 1.88. The highest BCUT2D eigenvalue weighted by molar-refractivity contribution is 5.66. The summed E-state index contributed by atoms with van der Waals surface area (Å²) in [4.78, 5) is 14.8. The number of esters is 1. The van der Waals surface area contributed by atoms with Crippen molar-refractivity contribution in [1.29, 1.82) is 0 Å². The predicted octanol–water partition coefficient (Wildman–Crippen LogP) is 1.08. The summed E-state index contributed by atoms with van der Waals surface area (Å²) < 4.78 is 10.3. The van der Waals surface area contributed by atoms with Crippen LogP contribution in [-0.2, 0) is 9.53 Å². The maximum atomic E-state index is 10.7. The maximum absolute atomic E-state index is 10.7. The third-order valence-electron chi connectivity index (χ3n) is 1.80. The van der Waals surface area contributed by atoms with E-state index in [1.807, 2.05) is 6.07 Å². The van der Waals surface area contributed by atoms with Crippen molar-refractivity contribution in [2.75, 3.05) is 6.61 Å². The molecule has 0 aromatic carbocycles. The van der Waals surface area contributed by atoms with Gasteiger partial charge in [-0.2, -0.15) is 0 Å². The van der Waals surface area contributed by atoms with Crippen LogP contribution in [0.3, 0.4) is 0 Å². The second-order valence-corrected chi connectivity index (χ2v) is 2.80. The minimum Gasteiger partial charge on any atom is -0.487 e. The quantitative estimate of drug-likeness (QED) is 0.605. The minimum absolute atomic E-state index is 0.313. The standard InChI is InChI=1S/C9H9NO3/c1-6(11)13-8-5-12-7-3-2-4-10-9(7)8/h2-4,8H,5H2,1H3. The van der Waals surface area contributed by atoms with Crippen molar-refractivity contribution in [2.24, 2.45) is 0 Å². The molecule has 0 radical (unpaired) electrons. The second-order valence-electron chi connectivity index (χ2n) is 2.80. The molecule has 4 heteroatoms. The van der Waals surface area contributed by atoms with Crippen LogP contribution in [-0.4, -0.2) is 17.6 Å². The zero-order valence-corrected chi connectivity index (χ0v) is 7.19. The molecule has 0 spiro atoms. The van der Waals surface area contributed by atoms with E-state index in [-0.39, 0.29) is 12.1 Å². The number of nitrogens with zero attached hydrogens (tertiary/aromatic N) is 1. The molecule has 0 saturated carbocycles. The zero-order valence-electron chi connectivity index (χ0n) is 7.19. The summed E-state index contributed by atoms with van der Waals surface area (Å²) in [5, 5.41) is 0. The number of carbonyl (C=O) groups is 1. The summed E-state index contributed by atoms with van der Waals surface area (Å²) in [5.41, 5.74) is 0.706. The fraction of sp³-hybridized carbons (Fsp3) is 0.333. The molecular weight excluding hydrogens is 170 g/mol. The van der Waals surface area contributed by atoms with Crippen LogP contribution in [0.25, 0.3) is 0 Å². The van der Waals surface area contributed by atoms with Crippen molar-refractivity contribution < 1.29 is 14.3 Å². The molecule has 1 aromatic rings. The number of pyridine rings is 1. The molecule has 2 heterocycles. The van der Waals surface area contributed by atoms with Crippen LogP contribution in [0.1, 0.15) is 18.7 Å². The number of carbonyl (C=O) groups excluding carboxylic acids is 1. The molecular formula is C9H9NO3. The molecule has 0 bridgehead atoms. The van der Waals surface area contributed by atoms with Gasteiger partial charge in [-0.05, 0) is 12.1 Å². The maximum Gasteiger partial charge on any atom is 0.303 e. The van der Waals surface area contributed by atoms with Gasteiger partial charge in [-0.25, -0.2) is 0 Å². The van der Waals surface area contributed by atoms with E-state index in [1.165, 1.54) is 6.92 Å². The fourth-order valence-electron chi connectivity index (χ4n) is 1.30. The minimum atomic E-state index is -0.339. The predicted molar refractivity (Wildman–Crippen MR) is 44.2 cm³/mol. The van der Waals surface area contributed by atoms with Crippen LogP contribution in [0.2, 0.25) is 0 Å². The van der Waals surface area contributed by atoms with E-state index < -0.39 is 0 Å². The van der Waals surface area contributed by atoms with E-state index in [4.69, 9.17) is 9.47 Å². The molecule has 4 nitrogen and oxygen atoms in total. The third-order valence-corrected chi connectivity index (χ3v) is 1.80. The van der Waals surface area contributed by atoms with E-state index in [1.54, 1.807) is 12.3 Å². The molecule has 1 aromatic heterocycles. The van der Waals surface area contributed by atoms with Crippen LogP contribution >= 0.6 is 0 Å². The van der Waals surface area contributed by atoms with Crippen molar-refractivity contribution in [3.63, 3.8) is 0 Å². The average Bonchev–Trinajstić information content (AvgIpc) is 2.48. The van der Waals surface area contributed by atoms with Gasteiger partial charge in [-0.3, -0.25) is 9.78 Å².